The van der Waals surface area contributed by atoms with Crippen molar-refractivity contribution in [2.45, 2.75) is 12.1 Å². The minimum absolute atomic E-state index is 0.0590. The van der Waals surface area contributed by atoms with Crippen LogP contribution < -0.4 is 5.73 Å². The Kier molecular flexibility index (Phi) is 2.82. The van der Waals surface area contributed by atoms with Crippen molar-refractivity contribution >= 4 is 0 Å². The Hall–Kier alpha value is -0.900. The SMILES string of the molecule is N[C@H](CN1CC(O)C1)c1ccccc1. The summed E-state index contributed by atoms with van der Waals surface area (Å²) in [5, 5.41) is 9.12. The summed E-state index contributed by atoms with van der Waals surface area (Å²) in [5.41, 5.74) is 7.19. The fourth-order valence-electron chi connectivity index (χ4n) is 1.78. The van der Waals surface area contributed by atoms with E-state index in [1.165, 1.54) is 0 Å². The van der Waals surface area contributed by atoms with Gasteiger partial charge < -0.3 is 10.8 Å². The second kappa shape index (κ2) is 4.09. The summed E-state index contributed by atoms with van der Waals surface area (Å²) in [6.07, 6.45) is -0.141. The van der Waals surface area contributed by atoms with Gasteiger partial charge in [0.1, 0.15) is 0 Å². The number of rotatable bonds is 3. The minimum Gasteiger partial charge on any atom is -0.390 e. The molecule has 0 saturated carbocycles. The van der Waals surface area contributed by atoms with Gasteiger partial charge in [0.15, 0.2) is 0 Å². The molecule has 1 saturated heterocycles. The van der Waals surface area contributed by atoms with Gasteiger partial charge in [-0.2, -0.15) is 0 Å². The predicted molar refractivity (Wildman–Crippen MR) is 55.8 cm³/mol. The van der Waals surface area contributed by atoms with E-state index < -0.39 is 0 Å². The maximum atomic E-state index is 9.12. The standard InChI is InChI=1S/C11H16N2O/c12-11(8-13-6-10(14)7-13)9-4-2-1-3-5-9/h1-5,10-11,14H,6-8,12H2/t11-/m1/s1. The second-order valence-corrected chi connectivity index (χ2v) is 3.89. The molecular weight excluding hydrogens is 176 g/mol. The Morgan fingerprint density at radius 3 is 2.57 bits per heavy atom. The average molecular weight is 192 g/mol. The van der Waals surface area contributed by atoms with Gasteiger partial charge in [-0.1, -0.05) is 30.3 Å². The van der Waals surface area contributed by atoms with Crippen LogP contribution in [-0.4, -0.2) is 35.7 Å². The van der Waals surface area contributed by atoms with Gasteiger partial charge in [-0.3, -0.25) is 4.90 Å². The van der Waals surface area contributed by atoms with Crippen molar-refractivity contribution in [2.24, 2.45) is 5.73 Å². The third-order valence-corrected chi connectivity index (χ3v) is 2.62. The van der Waals surface area contributed by atoms with E-state index in [9.17, 15) is 0 Å². The molecule has 1 heterocycles. The topological polar surface area (TPSA) is 49.5 Å². The first-order valence-electron chi connectivity index (χ1n) is 4.96. The lowest BCUT2D eigenvalue weighted by Gasteiger charge is -2.37. The Labute approximate surface area is 84.1 Å². The molecule has 0 bridgehead atoms. The van der Waals surface area contributed by atoms with Crippen molar-refractivity contribution in [2.75, 3.05) is 19.6 Å². The zero-order valence-corrected chi connectivity index (χ0v) is 8.13. The Morgan fingerprint density at radius 1 is 1.36 bits per heavy atom. The van der Waals surface area contributed by atoms with Gasteiger partial charge in [-0.15, -0.1) is 0 Å². The molecule has 3 heteroatoms. The Bertz CT molecular complexity index is 283. The van der Waals surface area contributed by atoms with Crippen LogP contribution in [0.1, 0.15) is 11.6 Å². The monoisotopic (exact) mass is 192 g/mol. The second-order valence-electron chi connectivity index (χ2n) is 3.89. The molecule has 1 aliphatic heterocycles. The molecule has 0 radical (unpaired) electrons. The van der Waals surface area contributed by atoms with E-state index in [4.69, 9.17) is 10.8 Å². The van der Waals surface area contributed by atoms with Crippen LogP contribution in [0, 0.1) is 0 Å². The van der Waals surface area contributed by atoms with Crippen LogP contribution in [0.15, 0.2) is 30.3 Å². The van der Waals surface area contributed by atoms with Crippen LogP contribution >= 0.6 is 0 Å². The first-order chi connectivity index (χ1) is 6.75. The number of hydrogen-bond donors (Lipinski definition) is 2. The van der Waals surface area contributed by atoms with Crippen molar-refractivity contribution in [3.05, 3.63) is 35.9 Å². The third-order valence-electron chi connectivity index (χ3n) is 2.62. The van der Waals surface area contributed by atoms with Crippen LogP contribution in [0.4, 0.5) is 0 Å². The van der Waals surface area contributed by atoms with E-state index in [1.807, 2.05) is 30.3 Å². The molecule has 1 aliphatic rings. The van der Waals surface area contributed by atoms with Crippen LogP contribution in [0.2, 0.25) is 0 Å². The fraction of sp³-hybridized carbons (Fsp3) is 0.455. The third kappa shape index (κ3) is 2.12. The molecule has 3 N–H and O–H groups in total. The number of β-amino-alcohol motifs (C(OH)–C–C–N with tert-alkyl or cyclic N) is 1. The molecule has 2 rings (SSSR count). The first kappa shape index (κ1) is 9.65. The highest BCUT2D eigenvalue weighted by molar-refractivity contribution is 5.18. The van der Waals surface area contributed by atoms with Crippen LogP contribution in [-0.2, 0) is 0 Å². The molecule has 1 aromatic carbocycles. The molecule has 1 aromatic rings. The van der Waals surface area contributed by atoms with Crippen molar-refractivity contribution < 1.29 is 5.11 Å². The van der Waals surface area contributed by atoms with E-state index in [0.29, 0.717) is 0 Å². The highest BCUT2D eigenvalue weighted by Gasteiger charge is 2.25. The highest BCUT2D eigenvalue weighted by Crippen LogP contribution is 2.15. The van der Waals surface area contributed by atoms with Gasteiger partial charge in [0.2, 0.25) is 0 Å². The van der Waals surface area contributed by atoms with Gasteiger partial charge in [0.25, 0.3) is 0 Å². The summed E-state index contributed by atoms with van der Waals surface area (Å²) in [4.78, 5) is 2.17. The minimum atomic E-state index is -0.141. The molecule has 0 amide bonds. The maximum absolute atomic E-state index is 9.12. The van der Waals surface area contributed by atoms with Crippen molar-refractivity contribution in [3.63, 3.8) is 0 Å². The molecule has 76 valence electrons. The Morgan fingerprint density at radius 2 is 2.00 bits per heavy atom. The number of likely N-dealkylation sites (tertiary alicyclic amines) is 1. The molecule has 3 nitrogen and oxygen atoms in total. The van der Waals surface area contributed by atoms with Gasteiger partial charge in [-0.25, -0.2) is 0 Å². The van der Waals surface area contributed by atoms with Gasteiger partial charge in [0, 0.05) is 25.7 Å². The normalized spacial score (nSPS) is 20.4. The number of nitrogens with two attached hydrogens (primary N) is 1. The number of nitrogens with zero attached hydrogens (tertiary/aromatic N) is 1. The van der Waals surface area contributed by atoms with Crippen molar-refractivity contribution in [3.8, 4) is 0 Å². The van der Waals surface area contributed by atoms with Crippen LogP contribution in [0.3, 0.4) is 0 Å². The van der Waals surface area contributed by atoms with Gasteiger partial charge in [-0.05, 0) is 5.56 Å². The maximum Gasteiger partial charge on any atom is 0.0793 e. The smallest absolute Gasteiger partial charge is 0.0793 e. The molecule has 14 heavy (non-hydrogen) atoms. The predicted octanol–water partition coefficient (Wildman–Crippen LogP) is 0.363. The van der Waals surface area contributed by atoms with Crippen LogP contribution in [0.25, 0.3) is 0 Å². The van der Waals surface area contributed by atoms with E-state index >= 15 is 0 Å². The molecule has 0 spiro atoms. The van der Waals surface area contributed by atoms with E-state index in [2.05, 4.69) is 4.90 Å². The molecule has 0 aromatic heterocycles. The summed E-state index contributed by atoms with van der Waals surface area (Å²) in [6, 6.07) is 10.1. The number of hydrogen-bond acceptors (Lipinski definition) is 3. The summed E-state index contributed by atoms with van der Waals surface area (Å²) in [5.74, 6) is 0. The highest BCUT2D eigenvalue weighted by atomic mass is 16.3. The molecule has 0 unspecified atom stereocenters. The van der Waals surface area contributed by atoms with Gasteiger partial charge >= 0.3 is 0 Å². The summed E-state index contributed by atoms with van der Waals surface area (Å²) in [7, 11) is 0. The fourth-order valence-corrected chi connectivity index (χ4v) is 1.78. The first-order valence-corrected chi connectivity index (χ1v) is 4.96. The van der Waals surface area contributed by atoms with Crippen LogP contribution in [0.5, 0.6) is 0 Å². The van der Waals surface area contributed by atoms with Crippen molar-refractivity contribution in [1.82, 2.24) is 4.90 Å². The number of benzene rings is 1. The quantitative estimate of drug-likeness (QED) is 0.727. The van der Waals surface area contributed by atoms with Crippen molar-refractivity contribution in [1.29, 1.82) is 0 Å². The summed E-state index contributed by atoms with van der Waals surface area (Å²) < 4.78 is 0. The van der Waals surface area contributed by atoms with E-state index in [0.717, 1.165) is 25.2 Å². The Balaban J connectivity index is 1.87. The lowest BCUT2D eigenvalue weighted by atomic mass is 10.0. The molecule has 1 atom stereocenters. The molecular formula is C11H16N2O. The molecule has 0 aliphatic carbocycles. The average Bonchev–Trinajstić information content (AvgIpc) is 2.17. The summed E-state index contributed by atoms with van der Waals surface area (Å²) in [6.45, 7) is 2.36. The lowest BCUT2D eigenvalue weighted by molar-refractivity contribution is -0.000912. The lowest BCUT2D eigenvalue weighted by Crippen LogP contribution is -2.52. The zero-order valence-electron chi connectivity index (χ0n) is 8.13. The van der Waals surface area contributed by atoms with Gasteiger partial charge in [0.05, 0.1) is 6.10 Å². The number of aliphatic hydroxyl groups excluding tert-OH is 1. The zero-order chi connectivity index (χ0) is 9.97. The van der Waals surface area contributed by atoms with E-state index in [1.54, 1.807) is 0 Å². The molecule has 1 fully saturated rings. The largest absolute Gasteiger partial charge is 0.390 e. The number of aliphatic hydroxyl groups is 1. The summed E-state index contributed by atoms with van der Waals surface area (Å²) >= 11 is 0. The van der Waals surface area contributed by atoms with E-state index in [-0.39, 0.29) is 12.1 Å².